The number of carbonyl (C=O) groups is 2. The molecule has 1 aliphatic carbocycles. The van der Waals surface area contributed by atoms with Gasteiger partial charge in [-0.3, -0.25) is 4.79 Å². The molecule has 1 amide bonds. The number of aryl methyl sites for hydroxylation is 1. The molecule has 168 valence electrons. The van der Waals surface area contributed by atoms with Gasteiger partial charge in [-0.05, 0) is 49.9 Å². The van der Waals surface area contributed by atoms with E-state index in [1.54, 1.807) is 12.1 Å². The molecule has 0 radical (unpaired) electrons. The molecule has 2 aromatic heterocycles. The summed E-state index contributed by atoms with van der Waals surface area (Å²) >= 11 is 14.9. The second-order valence-electron chi connectivity index (χ2n) is 7.07. The highest BCUT2D eigenvalue weighted by atomic mass is 35.5. The second kappa shape index (κ2) is 9.82. The van der Waals surface area contributed by atoms with E-state index in [2.05, 4.69) is 15.5 Å². The van der Waals surface area contributed by atoms with Crippen molar-refractivity contribution in [3.8, 4) is 11.4 Å². The Hall–Kier alpha value is -2.07. The Morgan fingerprint density at radius 1 is 1.25 bits per heavy atom. The molecular formula is C21H20Cl2N4O3S2. The summed E-state index contributed by atoms with van der Waals surface area (Å²) in [6.07, 6.45) is 2.77. The number of methoxy groups -OCH3 is 1. The average molecular weight is 511 g/mol. The number of nitrogens with one attached hydrogen (secondary N) is 1. The Labute approximate surface area is 203 Å². The number of anilines is 1. The summed E-state index contributed by atoms with van der Waals surface area (Å²) in [5.74, 6) is 0.144. The normalized spacial score (nSPS) is 12.6. The van der Waals surface area contributed by atoms with E-state index in [0.29, 0.717) is 38.1 Å². The lowest BCUT2D eigenvalue weighted by Crippen LogP contribution is -2.16. The predicted octanol–water partition coefficient (Wildman–Crippen LogP) is 5.34. The Balaban J connectivity index is 1.48. The number of ether oxygens (including phenoxy) is 1. The van der Waals surface area contributed by atoms with Gasteiger partial charge in [-0.1, -0.05) is 35.0 Å². The highest BCUT2D eigenvalue weighted by molar-refractivity contribution is 7.99. The van der Waals surface area contributed by atoms with Gasteiger partial charge < -0.3 is 14.6 Å². The molecule has 4 rings (SSSR count). The first-order chi connectivity index (χ1) is 15.4. The van der Waals surface area contributed by atoms with Crippen molar-refractivity contribution < 1.29 is 14.3 Å². The summed E-state index contributed by atoms with van der Waals surface area (Å²) in [5, 5.41) is 13.5. The molecule has 0 spiro atoms. The van der Waals surface area contributed by atoms with E-state index in [1.165, 1.54) is 30.2 Å². The van der Waals surface area contributed by atoms with Crippen LogP contribution in [-0.2, 0) is 28.9 Å². The zero-order valence-corrected chi connectivity index (χ0v) is 20.6. The van der Waals surface area contributed by atoms with Crippen molar-refractivity contribution in [2.45, 2.75) is 37.9 Å². The van der Waals surface area contributed by atoms with Crippen molar-refractivity contribution >= 4 is 63.2 Å². The molecule has 0 saturated heterocycles. The molecule has 11 heteroatoms. The standard InChI is InChI=1S/C21H20Cl2N4O3S2/c1-3-27-18(11-7-8-13(22)14(23)9-11)25-26-21(27)31-10-16(28)24-19-17(20(29)30-2)12-5-4-6-15(12)32-19/h7-9H,3-6,10H2,1-2H3,(H,24,28). The maximum Gasteiger partial charge on any atom is 0.341 e. The molecule has 7 nitrogen and oxygen atoms in total. The third-order valence-corrected chi connectivity index (χ3v) is 8.02. The maximum absolute atomic E-state index is 12.7. The lowest BCUT2D eigenvalue weighted by molar-refractivity contribution is -0.113. The number of hydrogen-bond donors (Lipinski definition) is 1. The minimum Gasteiger partial charge on any atom is -0.465 e. The van der Waals surface area contributed by atoms with Crippen LogP contribution in [0, 0.1) is 0 Å². The van der Waals surface area contributed by atoms with Gasteiger partial charge in [0.25, 0.3) is 0 Å². The lowest BCUT2D eigenvalue weighted by Gasteiger charge is -2.09. The number of amides is 1. The molecular weight excluding hydrogens is 491 g/mol. The van der Waals surface area contributed by atoms with Crippen LogP contribution in [0.25, 0.3) is 11.4 Å². The van der Waals surface area contributed by atoms with Crippen LogP contribution in [-0.4, -0.2) is 39.5 Å². The van der Waals surface area contributed by atoms with Crippen molar-refractivity contribution in [1.29, 1.82) is 0 Å². The number of nitrogens with zero attached hydrogens (tertiary/aromatic N) is 3. The Morgan fingerprint density at radius 3 is 2.78 bits per heavy atom. The Morgan fingerprint density at radius 2 is 2.06 bits per heavy atom. The predicted molar refractivity (Wildman–Crippen MR) is 128 cm³/mol. The van der Waals surface area contributed by atoms with E-state index in [1.807, 2.05) is 17.6 Å². The molecule has 1 N–H and O–H groups in total. The summed E-state index contributed by atoms with van der Waals surface area (Å²) in [7, 11) is 1.35. The van der Waals surface area contributed by atoms with Crippen LogP contribution in [0.15, 0.2) is 23.4 Å². The third kappa shape index (κ3) is 4.52. The van der Waals surface area contributed by atoms with Gasteiger partial charge in [0.05, 0.1) is 28.5 Å². The van der Waals surface area contributed by atoms with Crippen LogP contribution < -0.4 is 5.32 Å². The Bertz CT molecular complexity index is 1190. The molecule has 0 unspecified atom stereocenters. The first-order valence-electron chi connectivity index (χ1n) is 9.97. The summed E-state index contributed by atoms with van der Waals surface area (Å²) < 4.78 is 6.85. The van der Waals surface area contributed by atoms with Crippen LogP contribution in [0.4, 0.5) is 5.00 Å². The van der Waals surface area contributed by atoms with Gasteiger partial charge in [0, 0.05) is 17.0 Å². The summed E-state index contributed by atoms with van der Waals surface area (Å²) in [6.45, 7) is 2.60. The number of halogens is 2. The summed E-state index contributed by atoms with van der Waals surface area (Å²) in [5.41, 5.74) is 2.28. The smallest absolute Gasteiger partial charge is 0.341 e. The van der Waals surface area contributed by atoms with Crippen LogP contribution >= 0.6 is 46.3 Å². The highest BCUT2D eigenvalue weighted by Crippen LogP contribution is 2.39. The molecule has 1 aliphatic rings. The van der Waals surface area contributed by atoms with Crippen LogP contribution in [0.1, 0.15) is 34.1 Å². The van der Waals surface area contributed by atoms with Crippen molar-refractivity contribution in [2.75, 3.05) is 18.2 Å². The molecule has 0 bridgehead atoms. The van der Waals surface area contributed by atoms with Gasteiger partial charge in [0.1, 0.15) is 5.00 Å². The van der Waals surface area contributed by atoms with Crippen LogP contribution in [0.2, 0.25) is 10.0 Å². The van der Waals surface area contributed by atoms with E-state index in [-0.39, 0.29) is 11.7 Å². The minimum atomic E-state index is -0.413. The number of thiophene rings is 1. The molecule has 3 aromatic rings. The van der Waals surface area contributed by atoms with Crippen LogP contribution in [0.5, 0.6) is 0 Å². The molecule has 2 heterocycles. The second-order valence-corrected chi connectivity index (χ2v) is 9.93. The number of benzene rings is 1. The fraction of sp³-hybridized carbons (Fsp3) is 0.333. The van der Waals surface area contributed by atoms with Crippen molar-refractivity contribution in [1.82, 2.24) is 14.8 Å². The lowest BCUT2D eigenvalue weighted by atomic mass is 10.1. The average Bonchev–Trinajstić information content (AvgIpc) is 3.47. The van der Waals surface area contributed by atoms with Crippen molar-refractivity contribution in [2.24, 2.45) is 0 Å². The van der Waals surface area contributed by atoms with Gasteiger partial charge >= 0.3 is 5.97 Å². The SMILES string of the molecule is CCn1c(SCC(=O)Nc2sc3c(c2C(=O)OC)CCC3)nnc1-c1ccc(Cl)c(Cl)c1. The highest BCUT2D eigenvalue weighted by Gasteiger charge is 2.28. The monoisotopic (exact) mass is 510 g/mol. The number of carbonyl (C=O) groups excluding carboxylic acids is 2. The summed E-state index contributed by atoms with van der Waals surface area (Å²) in [6, 6.07) is 5.28. The quantitative estimate of drug-likeness (QED) is 0.341. The van der Waals surface area contributed by atoms with Gasteiger partial charge in [-0.2, -0.15) is 0 Å². The molecule has 0 saturated carbocycles. The van der Waals surface area contributed by atoms with Crippen LogP contribution in [0.3, 0.4) is 0 Å². The maximum atomic E-state index is 12.7. The molecule has 0 atom stereocenters. The van der Waals surface area contributed by atoms with Gasteiger partial charge in [0.2, 0.25) is 5.91 Å². The third-order valence-electron chi connectivity index (χ3n) is 5.11. The fourth-order valence-corrected chi connectivity index (χ4v) is 6.03. The number of hydrogen-bond acceptors (Lipinski definition) is 7. The zero-order chi connectivity index (χ0) is 22.8. The van der Waals surface area contributed by atoms with E-state index in [9.17, 15) is 9.59 Å². The number of thioether (sulfide) groups is 1. The summed E-state index contributed by atoms with van der Waals surface area (Å²) in [4.78, 5) is 26.1. The molecule has 0 fully saturated rings. The first kappa shape index (κ1) is 23.1. The molecule has 0 aliphatic heterocycles. The zero-order valence-electron chi connectivity index (χ0n) is 17.4. The van der Waals surface area contributed by atoms with E-state index in [4.69, 9.17) is 27.9 Å². The van der Waals surface area contributed by atoms with Gasteiger partial charge in [-0.25, -0.2) is 4.79 Å². The number of rotatable bonds is 7. The number of aromatic nitrogens is 3. The molecule has 32 heavy (non-hydrogen) atoms. The van der Waals surface area contributed by atoms with E-state index >= 15 is 0 Å². The fourth-order valence-electron chi connectivity index (χ4n) is 3.63. The van der Waals surface area contributed by atoms with Gasteiger partial charge in [0.15, 0.2) is 11.0 Å². The van der Waals surface area contributed by atoms with E-state index < -0.39 is 5.97 Å². The molecule has 1 aromatic carbocycles. The number of esters is 1. The topological polar surface area (TPSA) is 86.1 Å². The van der Waals surface area contributed by atoms with E-state index in [0.717, 1.165) is 35.3 Å². The van der Waals surface area contributed by atoms with Crippen molar-refractivity contribution in [3.05, 3.63) is 44.2 Å². The Kier molecular flexibility index (Phi) is 7.09. The van der Waals surface area contributed by atoms with Crippen molar-refractivity contribution in [3.63, 3.8) is 0 Å². The number of fused-ring (bicyclic) bond motifs is 1. The minimum absolute atomic E-state index is 0.128. The largest absolute Gasteiger partial charge is 0.465 e. The first-order valence-corrected chi connectivity index (χ1v) is 12.5. The van der Waals surface area contributed by atoms with Gasteiger partial charge in [-0.15, -0.1) is 21.5 Å².